The van der Waals surface area contributed by atoms with Crippen molar-refractivity contribution in [1.82, 2.24) is 0 Å². The first-order valence-electron chi connectivity index (χ1n) is 7.48. The molecule has 0 bridgehead atoms. The molecule has 1 aliphatic heterocycles. The summed E-state index contributed by atoms with van der Waals surface area (Å²) in [5, 5.41) is 13.2. The van der Waals surface area contributed by atoms with Gasteiger partial charge in [0.15, 0.2) is 0 Å². The second-order valence-electron chi connectivity index (χ2n) is 5.71. The minimum Gasteiger partial charge on any atom is -0.478 e. The van der Waals surface area contributed by atoms with E-state index in [2.05, 4.69) is 5.32 Å². The third kappa shape index (κ3) is 3.17. The Morgan fingerprint density at radius 1 is 1.29 bits per heavy atom. The molecule has 24 heavy (non-hydrogen) atoms. The molecule has 2 N–H and O–H groups in total. The molecule has 2 unspecified atom stereocenters. The van der Waals surface area contributed by atoms with Crippen molar-refractivity contribution in [2.45, 2.75) is 32.5 Å². The number of anilines is 1. The fourth-order valence-electron chi connectivity index (χ4n) is 2.85. The van der Waals surface area contributed by atoms with Gasteiger partial charge in [0.05, 0.1) is 17.8 Å². The van der Waals surface area contributed by atoms with Crippen molar-refractivity contribution < 1.29 is 19.4 Å². The molecular weight excluding hydrogens is 350 g/mol. The van der Waals surface area contributed by atoms with Gasteiger partial charge in [0.1, 0.15) is 5.00 Å². The van der Waals surface area contributed by atoms with E-state index < -0.39 is 5.97 Å². The normalized spacial score (nSPS) is 19.6. The van der Waals surface area contributed by atoms with Gasteiger partial charge in [0.2, 0.25) is 0 Å². The van der Waals surface area contributed by atoms with E-state index in [-0.39, 0.29) is 23.7 Å². The van der Waals surface area contributed by atoms with Crippen LogP contribution in [0.5, 0.6) is 0 Å². The molecule has 7 heteroatoms. The third-order valence-electron chi connectivity index (χ3n) is 3.88. The van der Waals surface area contributed by atoms with Crippen molar-refractivity contribution in [2.24, 2.45) is 0 Å². The number of nitrogens with one attached hydrogen (secondary N) is 1. The van der Waals surface area contributed by atoms with Gasteiger partial charge < -0.3 is 15.2 Å². The minimum absolute atomic E-state index is 0.0555. The van der Waals surface area contributed by atoms with Crippen molar-refractivity contribution in [1.29, 1.82) is 0 Å². The van der Waals surface area contributed by atoms with E-state index in [1.165, 1.54) is 11.3 Å². The number of halogens is 1. The van der Waals surface area contributed by atoms with Crippen LogP contribution in [-0.4, -0.2) is 23.1 Å². The van der Waals surface area contributed by atoms with Gasteiger partial charge in [-0.25, -0.2) is 4.79 Å². The minimum atomic E-state index is -1.04. The van der Waals surface area contributed by atoms with E-state index in [1.54, 1.807) is 24.3 Å². The lowest BCUT2D eigenvalue weighted by atomic mass is 9.99. The molecule has 1 aromatic carbocycles. The highest BCUT2D eigenvalue weighted by Gasteiger charge is 2.32. The number of rotatable bonds is 3. The number of carbonyl (C=O) groups excluding carboxylic acids is 1. The number of hydrogen-bond donors (Lipinski definition) is 2. The van der Waals surface area contributed by atoms with E-state index in [4.69, 9.17) is 16.3 Å². The number of carboxylic acids is 1. The highest BCUT2D eigenvalue weighted by Crippen LogP contribution is 2.42. The Labute approximate surface area is 148 Å². The quantitative estimate of drug-likeness (QED) is 0.846. The van der Waals surface area contributed by atoms with Crippen LogP contribution in [0.2, 0.25) is 5.02 Å². The lowest BCUT2D eigenvalue weighted by molar-refractivity contribution is -0.00239. The van der Waals surface area contributed by atoms with Gasteiger partial charge in [-0.05, 0) is 43.7 Å². The smallest absolute Gasteiger partial charge is 0.339 e. The number of amides is 1. The number of benzene rings is 1. The number of thiophene rings is 1. The molecule has 126 valence electrons. The van der Waals surface area contributed by atoms with Crippen molar-refractivity contribution >= 4 is 39.8 Å². The Bertz CT molecular complexity index is 800. The molecule has 0 fully saturated rings. The number of carboxylic acid groups (broad SMARTS) is 1. The van der Waals surface area contributed by atoms with Crippen LogP contribution >= 0.6 is 22.9 Å². The molecule has 0 aliphatic carbocycles. The van der Waals surface area contributed by atoms with E-state index in [9.17, 15) is 14.7 Å². The van der Waals surface area contributed by atoms with Crippen molar-refractivity contribution in [2.75, 3.05) is 5.32 Å². The maximum Gasteiger partial charge on any atom is 0.339 e. The Balaban J connectivity index is 1.96. The van der Waals surface area contributed by atoms with E-state index >= 15 is 0 Å². The van der Waals surface area contributed by atoms with Crippen LogP contribution in [-0.2, 0) is 11.2 Å². The molecule has 1 amide bonds. The molecule has 0 spiro atoms. The van der Waals surface area contributed by atoms with Gasteiger partial charge >= 0.3 is 5.97 Å². The second kappa shape index (κ2) is 6.55. The molecule has 2 atom stereocenters. The number of aromatic carboxylic acids is 1. The summed E-state index contributed by atoms with van der Waals surface area (Å²) in [5.41, 5.74) is 1.34. The summed E-state index contributed by atoms with van der Waals surface area (Å²) in [4.78, 5) is 25.0. The van der Waals surface area contributed by atoms with E-state index in [0.29, 0.717) is 22.0 Å². The van der Waals surface area contributed by atoms with Crippen LogP contribution in [0.3, 0.4) is 0 Å². The van der Waals surface area contributed by atoms with Crippen molar-refractivity contribution in [3.05, 3.63) is 50.9 Å². The summed E-state index contributed by atoms with van der Waals surface area (Å²) in [7, 11) is 0. The largest absolute Gasteiger partial charge is 0.478 e. The molecule has 1 aliphatic rings. The fraction of sp³-hybridized carbons (Fsp3) is 0.294. The maximum absolute atomic E-state index is 12.4. The number of carbonyl (C=O) groups is 2. The summed E-state index contributed by atoms with van der Waals surface area (Å²) in [6, 6.07) is 6.43. The first-order valence-corrected chi connectivity index (χ1v) is 8.67. The molecule has 2 aromatic rings. The lowest BCUT2D eigenvalue weighted by Crippen LogP contribution is -2.22. The van der Waals surface area contributed by atoms with E-state index in [1.807, 2.05) is 13.8 Å². The number of ether oxygens (including phenoxy) is 1. The summed E-state index contributed by atoms with van der Waals surface area (Å²) >= 11 is 7.08. The van der Waals surface area contributed by atoms with Crippen molar-refractivity contribution in [3.8, 4) is 0 Å². The van der Waals surface area contributed by atoms with Crippen molar-refractivity contribution in [3.63, 3.8) is 0 Å². The molecule has 2 heterocycles. The summed E-state index contributed by atoms with van der Waals surface area (Å²) in [5.74, 6) is -1.41. The topological polar surface area (TPSA) is 75.6 Å². The second-order valence-corrected chi connectivity index (χ2v) is 7.20. The lowest BCUT2D eigenvalue weighted by Gasteiger charge is -2.25. The predicted octanol–water partition coefficient (Wildman–Crippen LogP) is 4.37. The van der Waals surface area contributed by atoms with Crippen LogP contribution in [0.25, 0.3) is 0 Å². The Morgan fingerprint density at radius 2 is 1.96 bits per heavy atom. The molecule has 1 aromatic heterocycles. The highest BCUT2D eigenvalue weighted by molar-refractivity contribution is 7.17. The number of fused-ring (bicyclic) bond motifs is 1. The zero-order chi connectivity index (χ0) is 17.4. The van der Waals surface area contributed by atoms with Crippen LogP contribution in [0.4, 0.5) is 5.00 Å². The fourth-order valence-corrected chi connectivity index (χ4v) is 4.18. The molecule has 3 rings (SSSR count). The number of hydrogen-bond acceptors (Lipinski definition) is 4. The predicted molar refractivity (Wildman–Crippen MR) is 93.3 cm³/mol. The van der Waals surface area contributed by atoms with Crippen LogP contribution < -0.4 is 5.32 Å². The summed E-state index contributed by atoms with van der Waals surface area (Å²) in [6.07, 6.45) is 0.280. The molecule has 0 saturated carbocycles. The molecule has 0 saturated heterocycles. The van der Waals surface area contributed by atoms with Gasteiger partial charge in [-0.3, -0.25) is 4.79 Å². The Hall–Kier alpha value is -1.89. The SMILES string of the molecule is CC1Cc2c(sc(NC(=O)c3ccc(Cl)cc3)c2C(=O)O)C(C)O1. The third-order valence-corrected chi connectivity index (χ3v) is 5.44. The van der Waals surface area contributed by atoms with Crippen LogP contribution in [0.1, 0.15) is 51.1 Å². The zero-order valence-electron chi connectivity index (χ0n) is 13.1. The van der Waals surface area contributed by atoms with Crippen LogP contribution in [0, 0.1) is 0 Å². The highest BCUT2D eigenvalue weighted by atomic mass is 35.5. The Morgan fingerprint density at radius 3 is 2.58 bits per heavy atom. The van der Waals surface area contributed by atoms with Crippen LogP contribution in [0.15, 0.2) is 24.3 Å². The Kier molecular flexibility index (Phi) is 4.62. The summed E-state index contributed by atoms with van der Waals surface area (Å²) < 4.78 is 5.75. The first-order chi connectivity index (χ1) is 11.4. The van der Waals surface area contributed by atoms with Gasteiger partial charge in [-0.2, -0.15) is 0 Å². The van der Waals surface area contributed by atoms with Gasteiger partial charge in [0.25, 0.3) is 5.91 Å². The molecular formula is C17H16ClNO4S. The molecule has 5 nitrogen and oxygen atoms in total. The van der Waals surface area contributed by atoms with Gasteiger partial charge in [-0.15, -0.1) is 11.3 Å². The maximum atomic E-state index is 12.4. The summed E-state index contributed by atoms with van der Waals surface area (Å²) in [6.45, 7) is 3.80. The first kappa shape index (κ1) is 17.0. The monoisotopic (exact) mass is 365 g/mol. The zero-order valence-corrected chi connectivity index (χ0v) is 14.7. The average molecular weight is 366 g/mol. The van der Waals surface area contributed by atoms with Gasteiger partial charge in [0, 0.05) is 21.9 Å². The average Bonchev–Trinajstić information content (AvgIpc) is 2.86. The molecule has 0 radical (unpaired) electrons. The van der Waals surface area contributed by atoms with E-state index in [0.717, 1.165) is 10.4 Å². The standard InChI is InChI=1S/C17H16ClNO4S/c1-8-7-12-13(17(21)22)16(24-14(12)9(2)23-8)19-15(20)10-3-5-11(18)6-4-10/h3-6,8-9H,7H2,1-2H3,(H,19,20)(H,21,22). The van der Waals surface area contributed by atoms with Gasteiger partial charge in [-0.1, -0.05) is 11.6 Å².